The van der Waals surface area contributed by atoms with E-state index in [4.69, 9.17) is 4.42 Å². The first-order valence-electron chi connectivity index (χ1n) is 10.1. The first-order chi connectivity index (χ1) is 16.4. The van der Waals surface area contributed by atoms with Crippen LogP contribution in [0.15, 0.2) is 92.2 Å². The molecule has 0 bridgehead atoms. The van der Waals surface area contributed by atoms with Gasteiger partial charge in [-0.25, -0.2) is 8.42 Å². The normalized spacial score (nSPS) is 12.7. The second-order valence-electron chi connectivity index (χ2n) is 7.38. The lowest BCUT2D eigenvalue weighted by molar-refractivity contribution is -0.115. The molecule has 0 fully saturated rings. The van der Waals surface area contributed by atoms with Gasteiger partial charge in [0, 0.05) is 21.0 Å². The molecule has 0 saturated carbocycles. The highest BCUT2D eigenvalue weighted by atomic mass is 32.2. The van der Waals surface area contributed by atoms with Gasteiger partial charge in [0.15, 0.2) is 0 Å². The van der Waals surface area contributed by atoms with Crippen molar-refractivity contribution in [1.29, 1.82) is 0 Å². The van der Waals surface area contributed by atoms with Crippen LogP contribution in [0.3, 0.4) is 0 Å². The molecule has 1 aliphatic heterocycles. The molecule has 5 rings (SSSR count). The summed E-state index contributed by atoms with van der Waals surface area (Å²) >= 11 is 2.81. The van der Waals surface area contributed by atoms with E-state index < -0.39 is 10.0 Å². The third kappa shape index (κ3) is 4.81. The van der Waals surface area contributed by atoms with Crippen molar-refractivity contribution < 1.29 is 17.6 Å². The van der Waals surface area contributed by atoms with Crippen molar-refractivity contribution in [2.24, 2.45) is 0 Å². The maximum absolute atomic E-state index is 13.3. The van der Waals surface area contributed by atoms with E-state index in [1.807, 2.05) is 48.5 Å². The Labute approximate surface area is 204 Å². The van der Waals surface area contributed by atoms with Crippen LogP contribution in [0, 0.1) is 0 Å². The highest BCUT2D eigenvalue weighted by Gasteiger charge is 2.28. The number of nitrogens with one attached hydrogen (secondary N) is 1. The van der Waals surface area contributed by atoms with Gasteiger partial charge in [-0.15, -0.1) is 10.2 Å². The quantitative estimate of drug-likeness (QED) is 0.360. The van der Waals surface area contributed by atoms with Crippen LogP contribution in [0.5, 0.6) is 0 Å². The molecule has 0 spiro atoms. The molecule has 8 nitrogen and oxygen atoms in total. The number of sulfonamides is 1. The second kappa shape index (κ2) is 9.16. The van der Waals surface area contributed by atoms with Gasteiger partial charge in [-0.05, 0) is 48.5 Å². The van der Waals surface area contributed by atoms with Crippen molar-refractivity contribution in [2.75, 3.05) is 21.6 Å². The number of nitrogens with zero attached hydrogens (tertiary/aromatic N) is 3. The number of fused-ring (bicyclic) bond motifs is 2. The maximum Gasteiger partial charge on any atom is 0.277 e. The topological polar surface area (TPSA) is 105 Å². The number of hydrogen-bond donors (Lipinski definition) is 1. The lowest BCUT2D eigenvalue weighted by atomic mass is 10.2. The number of carbonyl (C=O) groups is 1. The molecule has 0 atom stereocenters. The molecule has 0 aliphatic carbocycles. The molecule has 4 aromatic rings. The zero-order valence-corrected chi connectivity index (χ0v) is 20.3. The number of amides is 1. The van der Waals surface area contributed by atoms with Crippen molar-refractivity contribution in [3.63, 3.8) is 0 Å². The summed E-state index contributed by atoms with van der Waals surface area (Å²) in [5.41, 5.74) is 2.78. The van der Waals surface area contributed by atoms with Gasteiger partial charge in [-0.2, -0.15) is 0 Å². The van der Waals surface area contributed by atoms with Crippen LogP contribution < -0.4 is 9.62 Å². The largest absolute Gasteiger partial charge is 0.411 e. The molecule has 0 unspecified atom stereocenters. The number of thioether (sulfide) groups is 1. The minimum absolute atomic E-state index is 0.0962. The molecular formula is C23H18N4O4S3. The summed E-state index contributed by atoms with van der Waals surface area (Å²) in [6.07, 6.45) is 1.09. The van der Waals surface area contributed by atoms with Crippen LogP contribution in [-0.4, -0.2) is 36.5 Å². The fraction of sp³-hybridized carbons (Fsp3) is 0.0870. The molecule has 34 heavy (non-hydrogen) atoms. The molecule has 3 aromatic carbocycles. The Kier molecular flexibility index (Phi) is 6.07. The molecular weight excluding hydrogens is 492 g/mol. The Hall–Kier alpha value is -3.28. The Morgan fingerprint density at radius 2 is 1.59 bits per heavy atom. The Balaban J connectivity index is 1.30. The number of carbonyl (C=O) groups excluding carboxylic acids is 1. The van der Waals surface area contributed by atoms with E-state index in [0.717, 1.165) is 27.4 Å². The van der Waals surface area contributed by atoms with E-state index >= 15 is 0 Å². The number of aromatic nitrogens is 2. The first-order valence-corrected chi connectivity index (χ1v) is 13.8. The highest BCUT2D eigenvalue weighted by molar-refractivity contribution is 8.00. The Morgan fingerprint density at radius 3 is 2.21 bits per heavy atom. The van der Waals surface area contributed by atoms with Gasteiger partial charge >= 0.3 is 0 Å². The van der Waals surface area contributed by atoms with Crippen LogP contribution in [0.2, 0.25) is 0 Å². The summed E-state index contributed by atoms with van der Waals surface area (Å²) in [7, 11) is -3.35. The van der Waals surface area contributed by atoms with Crippen LogP contribution >= 0.6 is 23.5 Å². The number of benzene rings is 3. The predicted octanol–water partition coefficient (Wildman–Crippen LogP) is 5.03. The summed E-state index contributed by atoms with van der Waals surface area (Å²) in [6.45, 7) is 0. The number of hydrogen-bond acceptors (Lipinski definition) is 8. The Bertz CT molecular complexity index is 1420. The number of anilines is 3. The van der Waals surface area contributed by atoms with E-state index in [1.165, 1.54) is 11.8 Å². The molecule has 11 heteroatoms. The van der Waals surface area contributed by atoms with Gasteiger partial charge in [-0.3, -0.25) is 14.4 Å². The van der Waals surface area contributed by atoms with E-state index in [-0.39, 0.29) is 22.8 Å². The molecule has 1 amide bonds. The van der Waals surface area contributed by atoms with Gasteiger partial charge in [-0.1, -0.05) is 47.8 Å². The first kappa shape index (κ1) is 22.5. The average molecular weight is 511 g/mol. The monoisotopic (exact) mass is 510 g/mol. The summed E-state index contributed by atoms with van der Waals surface area (Å²) in [5, 5.41) is 8.36. The summed E-state index contributed by atoms with van der Waals surface area (Å²) in [5.74, 6) is 0.304. The molecule has 1 aromatic heterocycles. The van der Waals surface area contributed by atoms with Crippen LogP contribution in [0.1, 0.15) is 0 Å². The third-order valence-electron chi connectivity index (χ3n) is 4.84. The maximum atomic E-state index is 13.3. The molecule has 0 saturated heterocycles. The molecule has 1 aliphatic rings. The van der Waals surface area contributed by atoms with Crippen LogP contribution in [0.4, 0.5) is 17.1 Å². The van der Waals surface area contributed by atoms with Crippen molar-refractivity contribution in [1.82, 2.24) is 10.2 Å². The lowest BCUT2D eigenvalue weighted by Crippen LogP contribution is -2.29. The second-order valence-corrected chi connectivity index (χ2v) is 11.1. The molecule has 172 valence electrons. The van der Waals surface area contributed by atoms with Crippen LogP contribution in [0.25, 0.3) is 11.5 Å². The van der Waals surface area contributed by atoms with Crippen molar-refractivity contribution in [2.45, 2.75) is 15.0 Å². The van der Waals surface area contributed by atoms with Gasteiger partial charge in [0.05, 0.1) is 23.4 Å². The van der Waals surface area contributed by atoms with Gasteiger partial charge in [0.1, 0.15) is 0 Å². The van der Waals surface area contributed by atoms with Crippen molar-refractivity contribution in [3.05, 3.63) is 72.8 Å². The predicted molar refractivity (Wildman–Crippen MR) is 133 cm³/mol. The molecule has 0 radical (unpaired) electrons. The fourth-order valence-electron chi connectivity index (χ4n) is 3.44. The molecule has 2 heterocycles. The van der Waals surface area contributed by atoms with Gasteiger partial charge in [0.25, 0.3) is 5.22 Å². The van der Waals surface area contributed by atoms with E-state index in [2.05, 4.69) is 14.9 Å². The van der Waals surface area contributed by atoms with Crippen LogP contribution in [-0.2, 0) is 14.8 Å². The SMILES string of the molecule is CS(=O)(=O)Nc1ccc(-c2nnc(SCC(=O)N3c4ccccc4Sc4ccccc43)o2)cc1. The summed E-state index contributed by atoms with van der Waals surface area (Å²) in [6, 6.07) is 22.2. The van der Waals surface area contributed by atoms with E-state index in [9.17, 15) is 13.2 Å². The zero-order chi connectivity index (χ0) is 23.7. The smallest absolute Gasteiger partial charge is 0.277 e. The average Bonchev–Trinajstić information content (AvgIpc) is 3.29. The zero-order valence-electron chi connectivity index (χ0n) is 17.8. The highest BCUT2D eigenvalue weighted by Crippen LogP contribution is 2.48. The summed E-state index contributed by atoms with van der Waals surface area (Å²) in [4.78, 5) is 17.1. The standard InChI is InChI=1S/C23H18N4O4S3/c1-34(29,30)26-16-12-10-15(11-13-16)22-24-25-23(31-22)32-14-21(28)27-17-6-2-4-8-19(17)33-20-9-5-3-7-18(20)27/h2-13,26H,14H2,1H3. The number of rotatable bonds is 6. The molecule has 1 N–H and O–H groups in total. The van der Waals surface area contributed by atoms with Crippen molar-refractivity contribution in [3.8, 4) is 11.5 Å². The number of para-hydroxylation sites is 2. The third-order valence-corrected chi connectivity index (χ3v) is 7.38. The Morgan fingerprint density at radius 1 is 0.971 bits per heavy atom. The minimum Gasteiger partial charge on any atom is -0.411 e. The van der Waals surface area contributed by atoms with E-state index in [0.29, 0.717) is 11.3 Å². The van der Waals surface area contributed by atoms with Gasteiger partial charge < -0.3 is 4.42 Å². The van der Waals surface area contributed by atoms with Crippen molar-refractivity contribution >= 4 is 56.5 Å². The minimum atomic E-state index is -3.35. The fourth-order valence-corrected chi connectivity index (χ4v) is 5.68. The lowest BCUT2D eigenvalue weighted by Gasteiger charge is -2.30. The van der Waals surface area contributed by atoms with Gasteiger partial charge in [0.2, 0.25) is 21.8 Å². The summed E-state index contributed by atoms with van der Waals surface area (Å²) < 4.78 is 30.8. The van der Waals surface area contributed by atoms with E-state index in [1.54, 1.807) is 40.9 Å².